The van der Waals surface area contributed by atoms with E-state index in [1.165, 1.54) is 6.07 Å². The van der Waals surface area contributed by atoms with Gasteiger partial charge in [-0.15, -0.1) is 0 Å². The second-order valence-corrected chi connectivity index (χ2v) is 5.37. The molecule has 0 amide bonds. The van der Waals surface area contributed by atoms with Gasteiger partial charge in [0.2, 0.25) is 5.89 Å². The zero-order valence-electron chi connectivity index (χ0n) is 13.1. The number of nitrogens with zero attached hydrogens (tertiary/aromatic N) is 2. The Hall–Kier alpha value is -2.92. The number of aromatic nitrogens is 2. The van der Waals surface area contributed by atoms with Gasteiger partial charge in [0.15, 0.2) is 11.2 Å². The smallest absolute Gasteiger partial charge is 0.228 e. The summed E-state index contributed by atoms with van der Waals surface area (Å²) in [6.45, 7) is 0.429. The molecule has 2 aromatic carbocycles. The highest BCUT2D eigenvalue weighted by Crippen LogP contribution is 2.24. The van der Waals surface area contributed by atoms with E-state index in [0.717, 1.165) is 11.3 Å². The highest BCUT2D eigenvalue weighted by molar-refractivity contribution is 5.72. The van der Waals surface area contributed by atoms with Gasteiger partial charge in [-0.05, 0) is 42.5 Å². The molecule has 126 valence electrons. The van der Waals surface area contributed by atoms with E-state index in [-0.39, 0.29) is 18.2 Å². The standard InChI is InChI=1S/C19H14FN3O.ClH/c20-16-5-2-1-4-14(16)12-22-15-9-7-13(8-10-15)19-23-18-17(24-19)6-3-11-21-18;/h1-11,22H,12H2;1H/p-1. The maximum atomic E-state index is 13.6. The molecule has 0 aliphatic carbocycles. The highest BCUT2D eigenvalue weighted by atomic mass is 35.5. The third-order valence-corrected chi connectivity index (χ3v) is 3.74. The fourth-order valence-corrected chi connectivity index (χ4v) is 2.46. The Bertz CT molecular complexity index is 952. The number of hydrogen-bond acceptors (Lipinski definition) is 4. The van der Waals surface area contributed by atoms with Crippen molar-refractivity contribution in [3.05, 3.63) is 78.2 Å². The molecule has 4 rings (SSSR count). The van der Waals surface area contributed by atoms with Crippen LogP contribution in [0.15, 0.2) is 71.3 Å². The molecule has 0 atom stereocenters. The van der Waals surface area contributed by atoms with Crippen LogP contribution in [0.25, 0.3) is 22.7 Å². The summed E-state index contributed by atoms with van der Waals surface area (Å²) in [5, 5.41) is 3.20. The summed E-state index contributed by atoms with van der Waals surface area (Å²) in [6, 6.07) is 18.0. The minimum absolute atomic E-state index is 0. The topological polar surface area (TPSA) is 51.0 Å². The van der Waals surface area contributed by atoms with E-state index >= 15 is 0 Å². The largest absolute Gasteiger partial charge is 1.00 e. The van der Waals surface area contributed by atoms with Crippen LogP contribution in [0.4, 0.5) is 10.1 Å². The quantitative estimate of drug-likeness (QED) is 0.605. The van der Waals surface area contributed by atoms with Gasteiger partial charge < -0.3 is 22.1 Å². The first-order chi connectivity index (χ1) is 11.8. The van der Waals surface area contributed by atoms with E-state index in [9.17, 15) is 4.39 Å². The molecule has 0 saturated carbocycles. The molecule has 0 spiro atoms. The van der Waals surface area contributed by atoms with Crippen molar-refractivity contribution in [1.82, 2.24) is 9.97 Å². The molecule has 4 nitrogen and oxygen atoms in total. The number of oxazole rings is 1. The minimum atomic E-state index is -0.208. The van der Waals surface area contributed by atoms with Crippen molar-refractivity contribution in [3.8, 4) is 11.5 Å². The molecule has 2 heterocycles. The number of benzene rings is 2. The normalized spacial score (nSPS) is 10.4. The van der Waals surface area contributed by atoms with Gasteiger partial charge in [0.05, 0.1) is 0 Å². The van der Waals surface area contributed by atoms with E-state index in [4.69, 9.17) is 4.42 Å². The first kappa shape index (κ1) is 16.9. The summed E-state index contributed by atoms with van der Waals surface area (Å²) in [5.41, 5.74) is 3.65. The van der Waals surface area contributed by atoms with Crippen LogP contribution < -0.4 is 17.7 Å². The zero-order valence-corrected chi connectivity index (χ0v) is 13.9. The molecule has 1 N–H and O–H groups in total. The van der Waals surface area contributed by atoms with Gasteiger partial charge in [-0.25, -0.2) is 9.37 Å². The second-order valence-electron chi connectivity index (χ2n) is 5.37. The van der Waals surface area contributed by atoms with Gasteiger partial charge >= 0.3 is 0 Å². The molecule has 0 aliphatic rings. The molecule has 0 saturated heterocycles. The van der Waals surface area contributed by atoms with Gasteiger partial charge in [-0.2, -0.15) is 4.98 Å². The third-order valence-electron chi connectivity index (χ3n) is 3.74. The lowest BCUT2D eigenvalue weighted by Gasteiger charge is -2.07. The van der Waals surface area contributed by atoms with Crippen molar-refractivity contribution in [3.63, 3.8) is 0 Å². The van der Waals surface area contributed by atoms with Crippen LogP contribution in [0.5, 0.6) is 0 Å². The Morgan fingerprint density at radius 1 is 0.960 bits per heavy atom. The van der Waals surface area contributed by atoms with Gasteiger partial charge in [0.1, 0.15) is 5.82 Å². The van der Waals surface area contributed by atoms with Gasteiger partial charge in [-0.1, -0.05) is 18.2 Å². The van der Waals surface area contributed by atoms with Crippen molar-refractivity contribution in [2.75, 3.05) is 5.32 Å². The average Bonchev–Trinajstić information content (AvgIpc) is 3.06. The Morgan fingerprint density at radius 3 is 2.52 bits per heavy atom. The number of anilines is 1. The van der Waals surface area contributed by atoms with Crippen molar-refractivity contribution < 1.29 is 21.2 Å². The molecule has 0 bridgehead atoms. The monoisotopic (exact) mass is 354 g/mol. The lowest BCUT2D eigenvalue weighted by Crippen LogP contribution is -3.00. The Kier molecular flexibility index (Phi) is 4.95. The molecule has 0 fully saturated rings. The number of halogens is 2. The molecule has 6 heteroatoms. The SMILES string of the molecule is Fc1ccccc1CNc1ccc(-c2nc3ncccc3o2)cc1.[Cl-]. The molecule has 4 aromatic rings. The molecule has 0 radical (unpaired) electrons. The maximum Gasteiger partial charge on any atom is 0.228 e. The molecule has 25 heavy (non-hydrogen) atoms. The van der Waals surface area contributed by atoms with Crippen LogP contribution in [-0.4, -0.2) is 9.97 Å². The Balaban J connectivity index is 0.00000182. The van der Waals surface area contributed by atoms with E-state index in [2.05, 4.69) is 15.3 Å². The van der Waals surface area contributed by atoms with Crippen LogP contribution in [0, 0.1) is 5.82 Å². The number of pyridine rings is 1. The fourth-order valence-electron chi connectivity index (χ4n) is 2.46. The predicted octanol–water partition coefficient (Wildman–Crippen LogP) is 1.64. The Labute approximate surface area is 150 Å². The summed E-state index contributed by atoms with van der Waals surface area (Å²) >= 11 is 0. The van der Waals surface area contributed by atoms with Crippen LogP contribution in [-0.2, 0) is 6.54 Å². The number of rotatable bonds is 4. The first-order valence-corrected chi connectivity index (χ1v) is 7.59. The fraction of sp³-hybridized carbons (Fsp3) is 0.0526. The maximum absolute atomic E-state index is 13.6. The molecule has 0 unspecified atom stereocenters. The van der Waals surface area contributed by atoms with Crippen LogP contribution in [0.3, 0.4) is 0 Å². The summed E-state index contributed by atoms with van der Waals surface area (Å²) < 4.78 is 19.3. The van der Waals surface area contributed by atoms with Crippen LogP contribution >= 0.6 is 0 Å². The molecule has 0 aliphatic heterocycles. The highest BCUT2D eigenvalue weighted by Gasteiger charge is 2.08. The predicted molar refractivity (Wildman–Crippen MR) is 91.0 cm³/mol. The third kappa shape index (κ3) is 3.61. The van der Waals surface area contributed by atoms with E-state index in [0.29, 0.717) is 29.2 Å². The number of fused-ring (bicyclic) bond motifs is 1. The van der Waals surface area contributed by atoms with E-state index < -0.39 is 0 Å². The average molecular weight is 355 g/mol. The second kappa shape index (κ2) is 7.32. The molecular weight excluding hydrogens is 341 g/mol. The van der Waals surface area contributed by atoms with Crippen LogP contribution in [0.1, 0.15) is 5.56 Å². The molecule has 2 aromatic heterocycles. The van der Waals surface area contributed by atoms with Crippen molar-refractivity contribution in [2.45, 2.75) is 6.54 Å². The van der Waals surface area contributed by atoms with E-state index in [1.54, 1.807) is 18.3 Å². The molecular formula is C19H14ClFN3O-. The lowest BCUT2D eigenvalue weighted by molar-refractivity contribution is -0.00000595. The van der Waals surface area contributed by atoms with Crippen molar-refractivity contribution in [1.29, 1.82) is 0 Å². The minimum Gasteiger partial charge on any atom is -1.00 e. The van der Waals surface area contributed by atoms with Gasteiger partial charge in [-0.3, -0.25) is 0 Å². The number of hydrogen-bond donors (Lipinski definition) is 1. The lowest BCUT2D eigenvalue weighted by atomic mass is 10.2. The summed E-state index contributed by atoms with van der Waals surface area (Å²) in [7, 11) is 0. The van der Waals surface area contributed by atoms with Crippen molar-refractivity contribution >= 4 is 16.9 Å². The van der Waals surface area contributed by atoms with Gasteiger partial charge in [0.25, 0.3) is 0 Å². The van der Waals surface area contributed by atoms with E-state index in [1.807, 2.05) is 42.5 Å². The summed E-state index contributed by atoms with van der Waals surface area (Å²) in [6.07, 6.45) is 1.68. The number of nitrogens with one attached hydrogen (secondary N) is 1. The first-order valence-electron chi connectivity index (χ1n) is 7.59. The summed E-state index contributed by atoms with van der Waals surface area (Å²) in [4.78, 5) is 8.53. The summed E-state index contributed by atoms with van der Waals surface area (Å²) in [5.74, 6) is 0.324. The van der Waals surface area contributed by atoms with Crippen LogP contribution in [0.2, 0.25) is 0 Å². The van der Waals surface area contributed by atoms with Crippen molar-refractivity contribution in [2.24, 2.45) is 0 Å². The zero-order chi connectivity index (χ0) is 16.4. The van der Waals surface area contributed by atoms with Gasteiger partial charge in [0, 0.05) is 29.6 Å². The Morgan fingerprint density at radius 2 is 1.76 bits per heavy atom.